The number of hydrogen-bond donors (Lipinski definition) is 1. The van der Waals surface area contributed by atoms with Crippen molar-refractivity contribution in [3.8, 4) is 6.07 Å². The number of carbonyl (C=O) groups is 1. The largest absolute Gasteiger partial charge is 0.355 e. The van der Waals surface area contributed by atoms with E-state index in [9.17, 15) is 10.1 Å². The Morgan fingerprint density at radius 1 is 1.03 bits per heavy atom. The van der Waals surface area contributed by atoms with Crippen LogP contribution in [0, 0.1) is 17.2 Å². The SMILES string of the molecule is N#Cc1cccc(CC(CNC(=O)C2(c3ccccn3)CCCC2)Cc2ccc(Cl)cc2)c1. The van der Waals surface area contributed by atoms with Gasteiger partial charge < -0.3 is 5.32 Å². The summed E-state index contributed by atoms with van der Waals surface area (Å²) in [7, 11) is 0. The summed E-state index contributed by atoms with van der Waals surface area (Å²) in [5, 5.41) is 13.3. The lowest BCUT2D eigenvalue weighted by Crippen LogP contribution is -2.45. The van der Waals surface area contributed by atoms with Crippen molar-refractivity contribution in [2.45, 2.75) is 43.9 Å². The van der Waals surface area contributed by atoms with Crippen molar-refractivity contribution in [2.24, 2.45) is 5.92 Å². The lowest BCUT2D eigenvalue weighted by Gasteiger charge is -2.28. The molecule has 0 spiro atoms. The highest BCUT2D eigenvalue weighted by molar-refractivity contribution is 6.30. The van der Waals surface area contributed by atoms with Crippen LogP contribution in [0.3, 0.4) is 0 Å². The highest BCUT2D eigenvalue weighted by atomic mass is 35.5. The number of amides is 1. The fourth-order valence-corrected chi connectivity index (χ4v) is 5.03. The van der Waals surface area contributed by atoms with E-state index in [1.807, 2.05) is 66.7 Å². The third-order valence-corrected chi connectivity index (χ3v) is 6.87. The number of benzene rings is 2. The molecule has 4 nitrogen and oxygen atoms in total. The molecule has 1 atom stereocenters. The van der Waals surface area contributed by atoms with Crippen LogP contribution in [0.15, 0.2) is 72.9 Å². The van der Waals surface area contributed by atoms with Gasteiger partial charge in [0.05, 0.1) is 22.7 Å². The number of aromatic nitrogens is 1. The Balaban J connectivity index is 1.52. The topological polar surface area (TPSA) is 65.8 Å². The summed E-state index contributed by atoms with van der Waals surface area (Å²) in [5.41, 5.74) is 3.27. The second-order valence-electron chi connectivity index (χ2n) is 8.93. The fourth-order valence-electron chi connectivity index (χ4n) is 4.90. The Labute approximate surface area is 200 Å². The smallest absolute Gasteiger partial charge is 0.232 e. The molecular weight excluding hydrogens is 430 g/mol. The van der Waals surface area contributed by atoms with Crippen LogP contribution in [0.2, 0.25) is 5.02 Å². The number of rotatable bonds is 8. The van der Waals surface area contributed by atoms with E-state index < -0.39 is 5.41 Å². The normalized spacial score (nSPS) is 15.5. The minimum absolute atomic E-state index is 0.0746. The summed E-state index contributed by atoms with van der Waals surface area (Å²) in [5.74, 6) is 0.261. The Morgan fingerprint density at radius 3 is 2.48 bits per heavy atom. The van der Waals surface area contributed by atoms with Crippen LogP contribution < -0.4 is 5.32 Å². The van der Waals surface area contributed by atoms with Crippen molar-refractivity contribution in [1.29, 1.82) is 5.26 Å². The molecule has 1 heterocycles. The van der Waals surface area contributed by atoms with Crippen molar-refractivity contribution < 1.29 is 4.79 Å². The first-order valence-electron chi connectivity index (χ1n) is 11.5. The van der Waals surface area contributed by atoms with Gasteiger partial charge in [0.2, 0.25) is 5.91 Å². The van der Waals surface area contributed by atoms with Gasteiger partial charge in [-0.25, -0.2) is 0 Å². The van der Waals surface area contributed by atoms with Crippen molar-refractivity contribution in [3.05, 3.63) is 100 Å². The van der Waals surface area contributed by atoms with Crippen LogP contribution in [0.1, 0.15) is 48.1 Å². The molecule has 1 aliphatic rings. The second-order valence-corrected chi connectivity index (χ2v) is 9.36. The van der Waals surface area contributed by atoms with Crippen LogP contribution in [0.25, 0.3) is 0 Å². The second kappa shape index (κ2) is 10.6. The molecular formula is C28H28ClN3O. The summed E-state index contributed by atoms with van der Waals surface area (Å²) in [6, 6.07) is 23.6. The van der Waals surface area contributed by atoms with Crippen molar-refractivity contribution >= 4 is 17.5 Å². The van der Waals surface area contributed by atoms with Crippen LogP contribution in [-0.4, -0.2) is 17.4 Å². The quantitative estimate of drug-likeness (QED) is 0.476. The minimum Gasteiger partial charge on any atom is -0.355 e. The summed E-state index contributed by atoms with van der Waals surface area (Å²) in [6.07, 6.45) is 7.11. The summed E-state index contributed by atoms with van der Waals surface area (Å²) >= 11 is 6.07. The van der Waals surface area contributed by atoms with E-state index >= 15 is 0 Å². The highest BCUT2D eigenvalue weighted by Gasteiger charge is 2.43. The van der Waals surface area contributed by atoms with E-state index in [1.54, 1.807) is 6.20 Å². The fraction of sp³-hybridized carbons (Fsp3) is 0.321. The molecule has 1 aromatic heterocycles. The maximum Gasteiger partial charge on any atom is 0.232 e. The zero-order chi connectivity index (χ0) is 23.1. The van der Waals surface area contributed by atoms with Gasteiger partial charge in [0, 0.05) is 17.8 Å². The molecule has 1 N–H and O–H groups in total. The first kappa shape index (κ1) is 23.0. The Kier molecular flexibility index (Phi) is 7.42. The average molecular weight is 458 g/mol. The average Bonchev–Trinajstić information content (AvgIpc) is 3.36. The molecule has 5 heteroatoms. The summed E-state index contributed by atoms with van der Waals surface area (Å²) in [4.78, 5) is 18.1. The predicted octanol–water partition coefficient (Wildman–Crippen LogP) is 5.64. The highest BCUT2D eigenvalue weighted by Crippen LogP contribution is 2.40. The molecule has 33 heavy (non-hydrogen) atoms. The van der Waals surface area contributed by atoms with Gasteiger partial charge in [-0.1, -0.05) is 54.8 Å². The molecule has 0 bridgehead atoms. The molecule has 1 fully saturated rings. The molecule has 3 aromatic rings. The third kappa shape index (κ3) is 5.61. The summed E-state index contributed by atoms with van der Waals surface area (Å²) < 4.78 is 0. The lowest BCUT2D eigenvalue weighted by molar-refractivity contribution is -0.127. The van der Waals surface area contributed by atoms with Crippen LogP contribution >= 0.6 is 11.6 Å². The maximum atomic E-state index is 13.5. The first-order chi connectivity index (χ1) is 16.1. The third-order valence-electron chi connectivity index (χ3n) is 6.62. The summed E-state index contributed by atoms with van der Waals surface area (Å²) in [6.45, 7) is 0.562. The van der Waals surface area contributed by atoms with Crippen molar-refractivity contribution in [1.82, 2.24) is 10.3 Å². The van der Waals surface area contributed by atoms with Gasteiger partial charge in [-0.15, -0.1) is 0 Å². The zero-order valence-electron chi connectivity index (χ0n) is 18.6. The van der Waals surface area contributed by atoms with Gasteiger partial charge in [0.25, 0.3) is 0 Å². The molecule has 0 aliphatic heterocycles. The van der Waals surface area contributed by atoms with Gasteiger partial charge in [0.1, 0.15) is 0 Å². The molecule has 0 saturated heterocycles. The van der Waals surface area contributed by atoms with Crippen LogP contribution in [0.5, 0.6) is 0 Å². The minimum atomic E-state index is -0.535. The molecule has 2 aromatic carbocycles. The van der Waals surface area contributed by atoms with E-state index in [4.69, 9.17) is 11.6 Å². The van der Waals surface area contributed by atoms with Gasteiger partial charge in [-0.05, 0) is 79.1 Å². The molecule has 1 amide bonds. The van der Waals surface area contributed by atoms with E-state index in [0.717, 1.165) is 49.8 Å². The number of hydrogen-bond acceptors (Lipinski definition) is 3. The Bertz CT molecular complexity index is 1120. The molecule has 168 valence electrons. The van der Waals surface area contributed by atoms with E-state index in [-0.39, 0.29) is 11.8 Å². The maximum absolute atomic E-state index is 13.5. The van der Waals surface area contributed by atoms with Gasteiger partial charge >= 0.3 is 0 Å². The number of pyridine rings is 1. The molecule has 1 saturated carbocycles. The monoisotopic (exact) mass is 457 g/mol. The van der Waals surface area contributed by atoms with E-state index in [2.05, 4.69) is 16.4 Å². The number of carbonyl (C=O) groups excluding carboxylic acids is 1. The number of halogens is 1. The van der Waals surface area contributed by atoms with Crippen LogP contribution in [0.4, 0.5) is 0 Å². The van der Waals surface area contributed by atoms with E-state index in [0.29, 0.717) is 17.1 Å². The van der Waals surface area contributed by atoms with Crippen molar-refractivity contribution in [2.75, 3.05) is 6.54 Å². The Morgan fingerprint density at radius 2 is 1.79 bits per heavy atom. The molecule has 1 unspecified atom stereocenters. The lowest BCUT2D eigenvalue weighted by atomic mass is 9.81. The van der Waals surface area contributed by atoms with Gasteiger partial charge in [-0.2, -0.15) is 5.26 Å². The molecule has 4 rings (SSSR count). The number of nitrogens with zero attached hydrogens (tertiary/aromatic N) is 2. The first-order valence-corrected chi connectivity index (χ1v) is 11.9. The number of nitriles is 1. The zero-order valence-corrected chi connectivity index (χ0v) is 19.4. The number of nitrogens with one attached hydrogen (secondary N) is 1. The van der Waals surface area contributed by atoms with Crippen molar-refractivity contribution in [3.63, 3.8) is 0 Å². The Hall–Kier alpha value is -3.16. The van der Waals surface area contributed by atoms with Crippen LogP contribution in [-0.2, 0) is 23.1 Å². The van der Waals surface area contributed by atoms with Gasteiger partial charge in [0.15, 0.2) is 0 Å². The standard InChI is InChI=1S/C28H28ClN3O/c29-25-11-9-21(10-12-25)16-24(18-22-6-5-7-23(17-22)19-30)20-32-27(33)28(13-2-3-14-28)26-8-1-4-15-31-26/h1,4-12,15,17,24H,2-3,13-14,16,18,20H2,(H,32,33). The van der Waals surface area contributed by atoms with E-state index in [1.165, 1.54) is 5.56 Å². The molecule has 1 aliphatic carbocycles. The van der Waals surface area contributed by atoms with Gasteiger partial charge in [-0.3, -0.25) is 9.78 Å². The molecule has 0 radical (unpaired) electrons. The predicted molar refractivity (Wildman–Crippen MR) is 131 cm³/mol.